The summed E-state index contributed by atoms with van der Waals surface area (Å²) in [6.45, 7) is 0.341. The summed E-state index contributed by atoms with van der Waals surface area (Å²) in [5.41, 5.74) is 1.20. The molecule has 2 aromatic carbocycles. The van der Waals surface area contributed by atoms with E-state index >= 15 is 0 Å². The van der Waals surface area contributed by atoms with Crippen LogP contribution in [0.4, 0.5) is 4.39 Å². The van der Waals surface area contributed by atoms with Crippen molar-refractivity contribution >= 4 is 11.8 Å². The molecule has 2 aromatic rings. The number of benzene rings is 2. The molecule has 0 bridgehead atoms. The molecule has 1 N–H and O–H groups in total. The van der Waals surface area contributed by atoms with E-state index in [1.54, 1.807) is 7.05 Å². The van der Waals surface area contributed by atoms with Gasteiger partial charge < -0.3 is 10.2 Å². The van der Waals surface area contributed by atoms with E-state index in [1.165, 1.54) is 23.1 Å². The topological polar surface area (TPSA) is 49.4 Å². The molecular formula is C17H17FN2O2. The summed E-state index contributed by atoms with van der Waals surface area (Å²) >= 11 is 0. The average molecular weight is 300 g/mol. The molecule has 0 saturated carbocycles. The number of amides is 2. The highest BCUT2D eigenvalue weighted by Crippen LogP contribution is 2.04. The molecule has 0 saturated heterocycles. The molecule has 0 spiro atoms. The van der Waals surface area contributed by atoms with Gasteiger partial charge in [0.1, 0.15) is 5.82 Å². The summed E-state index contributed by atoms with van der Waals surface area (Å²) in [4.78, 5) is 25.3. The van der Waals surface area contributed by atoms with E-state index in [4.69, 9.17) is 0 Å². The molecule has 0 aliphatic heterocycles. The van der Waals surface area contributed by atoms with Gasteiger partial charge in [-0.3, -0.25) is 9.59 Å². The third-order valence-corrected chi connectivity index (χ3v) is 3.18. The smallest absolute Gasteiger partial charge is 0.251 e. The van der Waals surface area contributed by atoms with Crippen LogP contribution in [0, 0.1) is 5.82 Å². The zero-order valence-electron chi connectivity index (χ0n) is 12.3. The number of halogens is 1. The summed E-state index contributed by atoms with van der Waals surface area (Å²) in [7, 11) is 1.67. The lowest BCUT2D eigenvalue weighted by Gasteiger charge is -2.17. The van der Waals surface area contributed by atoms with Crippen molar-refractivity contribution in [2.45, 2.75) is 6.54 Å². The van der Waals surface area contributed by atoms with E-state index in [-0.39, 0.29) is 18.0 Å². The molecule has 0 aliphatic carbocycles. The van der Waals surface area contributed by atoms with Gasteiger partial charge in [-0.05, 0) is 23.8 Å². The first-order valence-electron chi connectivity index (χ1n) is 6.88. The Labute approximate surface area is 128 Å². The van der Waals surface area contributed by atoms with Crippen molar-refractivity contribution in [3.63, 3.8) is 0 Å². The van der Waals surface area contributed by atoms with Crippen LogP contribution in [0.2, 0.25) is 0 Å². The molecular weight excluding hydrogens is 283 g/mol. The van der Waals surface area contributed by atoms with Gasteiger partial charge in [0.05, 0.1) is 6.54 Å². The van der Waals surface area contributed by atoms with Gasteiger partial charge in [-0.1, -0.05) is 36.4 Å². The first-order chi connectivity index (χ1) is 10.6. The first kappa shape index (κ1) is 15.7. The van der Waals surface area contributed by atoms with Crippen molar-refractivity contribution in [1.29, 1.82) is 0 Å². The maximum Gasteiger partial charge on any atom is 0.251 e. The van der Waals surface area contributed by atoms with E-state index in [2.05, 4.69) is 5.32 Å². The highest BCUT2D eigenvalue weighted by atomic mass is 19.1. The molecule has 0 unspecified atom stereocenters. The fraction of sp³-hybridized carbons (Fsp3) is 0.176. The van der Waals surface area contributed by atoms with E-state index < -0.39 is 11.7 Å². The number of carbonyl (C=O) groups excluding carboxylic acids is 2. The van der Waals surface area contributed by atoms with Crippen molar-refractivity contribution in [2.75, 3.05) is 13.6 Å². The van der Waals surface area contributed by atoms with Gasteiger partial charge in [0.15, 0.2) is 0 Å². The van der Waals surface area contributed by atoms with Gasteiger partial charge in [-0.15, -0.1) is 0 Å². The number of nitrogens with zero attached hydrogens (tertiary/aromatic N) is 1. The highest BCUT2D eigenvalue weighted by Gasteiger charge is 2.12. The highest BCUT2D eigenvalue weighted by molar-refractivity contribution is 5.96. The molecule has 2 rings (SSSR count). The average Bonchev–Trinajstić information content (AvgIpc) is 2.53. The van der Waals surface area contributed by atoms with E-state index in [0.717, 1.165) is 11.6 Å². The van der Waals surface area contributed by atoms with Crippen molar-refractivity contribution in [3.05, 3.63) is 71.5 Å². The van der Waals surface area contributed by atoms with Gasteiger partial charge in [0.2, 0.25) is 5.91 Å². The molecule has 0 radical (unpaired) electrons. The molecule has 4 nitrogen and oxygen atoms in total. The third kappa shape index (κ3) is 4.41. The van der Waals surface area contributed by atoms with E-state index in [0.29, 0.717) is 6.54 Å². The van der Waals surface area contributed by atoms with Crippen LogP contribution in [-0.4, -0.2) is 30.3 Å². The summed E-state index contributed by atoms with van der Waals surface area (Å²) in [5, 5.41) is 2.50. The summed E-state index contributed by atoms with van der Waals surface area (Å²) in [6, 6.07) is 14.9. The minimum atomic E-state index is -0.486. The fourth-order valence-electron chi connectivity index (χ4n) is 1.97. The second-order valence-electron chi connectivity index (χ2n) is 4.93. The van der Waals surface area contributed by atoms with E-state index in [9.17, 15) is 14.0 Å². The number of rotatable bonds is 5. The fourth-order valence-corrected chi connectivity index (χ4v) is 1.97. The standard InChI is InChI=1S/C17H17FN2O2/c1-20(12-13-6-3-2-4-7-13)16(21)11-19-17(22)14-8-5-9-15(18)10-14/h2-10H,11-12H2,1H3,(H,19,22). The Bertz CT molecular complexity index is 659. The quantitative estimate of drug-likeness (QED) is 0.920. The normalized spacial score (nSPS) is 10.1. The number of likely N-dealkylation sites (N-methyl/N-ethyl adjacent to an activating group) is 1. The van der Waals surface area contributed by atoms with Crippen LogP contribution < -0.4 is 5.32 Å². The van der Waals surface area contributed by atoms with Gasteiger partial charge in [0.25, 0.3) is 5.91 Å². The molecule has 0 heterocycles. The number of carbonyl (C=O) groups is 2. The second-order valence-corrected chi connectivity index (χ2v) is 4.93. The Morgan fingerprint density at radius 2 is 1.82 bits per heavy atom. The Hall–Kier alpha value is -2.69. The van der Waals surface area contributed by atoms with Gasteiger partial charge in [-0.25, -0.2) is 4.39 Å². The van der Waals surface area contributed by atoms with E-state index in [1.807, 2.05) is 30.3 Å². The number of hydrogen-bond acceptors (Lipinski definition) is 2. The zero-order chi connectivity index (χ0) is 15.9. The monoisotopic (exact) mass is 300 g/mol. The number of hydrogen-bond donors (Lipinski definition) is 1. The first-order valence-corrected chi connectivity index (χ1v) is 6.88. The Balaban J connectivity index is 1.85. The predicted octanol–water partition coefficient (Wildman–Crippen LogP) is 2.21. The molecule has 0 aromatic heterocycles. The van der Waals surface area contributed by atoms with Gasteiger partial charge in [0, 0.05) is 19.2 Å². The Kier molecular flexibility index (Phi) is 5.25. The molecule has 0 fully saturated rings. The minimum Gasteiger partial charge on any atom is -0.343 e. The van der Waals surface area contributed by atoms with Crippen LogP contribution in [-0.2, 0) is 11.3 Å². The molecule has 2 amide bonds. The summed E-state index contributed by atoms with van der Waals surface area (Å²) in [6.07, 6.45) is 0. The van der Waals surface area contributed by atoms with Crippen LogP contribution >= 0.6 is 0 Å². The summed E-state index contributed by atoms with van der Waals surface area (Å²) < 4.78 is 13.0. The van der Waals surface area contributed by atoms with Crippen molar-refractivity contribution < 1.29 is 14.0 Å². The SMILES string of the molecule is CN(Cc1ccccc1)C(=O)CNC(=O)c1cccc(F)c1. The Morgan fingerprint density at radius 3 is 2.50 bits per heavy atom. The second kappa shape index (κ2) is 7.36. The molecule has 114 valence electrons. The lowest BCUT2D eigenvalue weighted by Crippen LogP contribution is -2.37. The van der Waals surface area contributed by atoms with Crippen LogP contribution in [0.3, 0.4) is 0 Å². The lowest BCUT2D eigenvalue weighted by atomic mass is 10.2. The van der Waals surface area contributed by atoms with Crippen molar-refractivity contribution in [2.24, 2.45) is 0 Å². The maximum absolute atomic E-state index is 13.0. The molecule has 5 heteroatoms. The van der Waals surface area contributed by atoms with Crippen molar-refractivity contribution in [3.8, 4) is 0 Å². The van der Waals surface area contributed by atoms with Gasteiger partial charge in [-0.2, -0.15) is 0 Å². The minimum absolute atomic E-state index is 0.126. The van der Waals surface area contributed by atoms with Crippen LogP contribution in [0.5, 0.6) is 0 Å². The predicted molar refractivity (Wildman–Crippen MR) is 81.6 cm³/mol. The van der Waals surface area contributed by atoms with Crippen molar-refractivity contribution in [1.82, 2.24) is 10.2 Å². The number of nitrogens with one attached hydrogen (secondary N) is 1. The van der Waals surface area contributed by atoms with Crippen LogP contribution in [0.15, 0.2) is 54.6 Å². The maximum atomic E-state index is 13.0. The largest absolute Gasteiger partial charge is 0.343 e. The summed E-state index contributed by atoms with van der Waals surface area (Å²) in [5.74, 6) is -1.17. The van der Waals surface area contributed by atoms with Crippen LogP contribution in [0.1, 0.15) is 15.9 Å². The van der Waals surface area contributed by atoms with Gasteiger partial charge >= 0.3 is 0 Å². The molecule has 22 heavy (non-hydrogen) atoms. The zero-order valence-corrected chi connectivity index (χ0v) is 12.3. The Morgan fingerprint density at radius 1 is 1.09 bits per heavy atom. The molecule has 0 atom stereocenters. The molecule has 0 aliphatic rings. The van der Waals surface area contributed by atoms with Crippen LogP contribution in [0.25, 0.3) is 0 Å². The third-order valence-electron chi connectivity index (χ3n) is 3.18. The lowest BCUT2D eigenvalue weighted by molar-refractivity contribution is -0.129.